The van der Waals surface area contributed by atoms with Gasteiger partial charge in [0.15, 0.2) is 0 Å². The second-order valence-corrected chi connectivity index (χ2v) is 9.60. The monoisotopic (exact) mass is 488 g/mol. The number of anilines is 3. The Morgan fingerprint density at radius 3 is 2.28 bits per heavy atom. The zero-order valence-electron chi connectivity index (χ0n) is 21.6. The predicted molar refractivity (Wildman–Crippen MR) is 145 cm³/mol. The fraction of sp³-hybridized carbons (Fsp3) is 0.393. The Balaban J connectivity index is 1.36. The van der Waals surface area contributed by atoms with Gasteiger partial charge >= 0.3 is 6.03 Å². The summed E-state index contributed by atoms with van der Waals surface area (Å²) < 4.78 is 5.88. The van der Waals surface area contributed by atoms with Gasteiger partial charge in [-0.1, -0.05) is 30.3 Å². The van der Waals surface area contributed by atoms with Crippen LogP contribution in [0.25, 0.3) is 0 Å². The number of carbonyl (C=O) groups excluding carboxylic acids is 1. The first-order valence-corrected chi connectivity index (χ1v) is 12.5. The molecule has 8 nitrogen and oxygen atoms in total. The van der Waals surface area contributed by atoms with Crippen LogP contribution in [0.4, 0.5) is 22.2 Å². The summed E-state index contributed by atoms with van der Waals surface area (Å²) in [5, 5.41) is 3.51. The number of ether oxygens (including phenoxy) is 1. The summed E-state index contributed by atoms with van der Waals surface area (Å²) in [6.45, 7) is 4.55. The molecule has 1 aliphatic rings. The maximum absolute atomic E-state index is 12.4. The van der Waals surface area contributed by atoms with E-state index in [2.05, 4.69) is 10.3 Å². The van der Waals surface area contributed by atoms with E-state index in [0.29, 0.717) is 12.6 Å². The van der Waals surface area contributed by atoms with Crippen molar-refractivity contribution in [2.45, 2.75) is 58.2 Å². The molecular weight excluding hydrogens is 452 g/mol. The molecule has 0 radical (unpaired) electrons. The van der Waals surface area contributed by atoms with E-state index >= 15 is 0 Å². The Bertz CT molecular complexity index is 1160. The van der Waals surface area contributed by atoms with E-state index in [1.165, 1.54) is 0 Å². The zero-order chi connectivity index (χ0) is 25.7. The van der Waals surface area contributed by atoms with Gasteiger partial charge in [-0.05, 0) is 69.4 Å². The van der Waals surface area contributed by atoms with Crippen LogP contribution >= 0.6 is 0 Å². The minimum absolute atomic E-state index is 0.0506. The third-order valence-electron chi connectivity index (χ3n) is 6.78. The maximum Gasteiger partial charge on any atom is 0.319 e. The van der Waals surface area contributed by atoms with Gasteiger partial charge in [0.25, 0.3) is 0 Å². The summed E-state index contributed by atoms with van der Waals surface area (Å²) in [4.78, 5) is 25.5. The van der Waals surface area contributed by atoms with Gasteiger partial charge in [0.2, 0.25) is 5.95 Å². The van der Waals surface area contributed by atoms with Crippen molar-refractivity contribution in [2.75, 3.05) is 29.2 Å². The highest BCUT2D eigenvalue weighted by molar-refractivity contribution is 5.91. The van der Waals surface area contributed by atoms with E-state index in [1.807, 2.05) is 87.4 Å². The van der Waals surface area contributed by atoms with Gasteiger partial charge in [-0.15, -0.1) is 0 Å². The smallest absolute Gasteiger partial charge is 0.319 e. The summed E-state index contributed by atoms with van der Waals surface area (Å²) in [6.07, 6.45) is 3.50. The van der Waals surface area contributed by atoms with Gasteiger partial charge in [0.1, 0.15) is 18.2 Å². The number of rotatable bonds is 8. The average molecular weight is 489 g/mol. The van der Waals surface area contributed by atoms with Crippen LogP contribution in [0.2, 0.25) is 0 Å². The molecular formula is C28H36N6O2. The summed E-state index contributed by atoms with van der Waals surface area (Å²) in [6, 6.07) is 17.5. The molecule has 1 fully saturated rings. The molecule has 190 valence electrons. The van der Waals surface area contributed by atoms with E-state index < -0.39 is 6.03 Å². The number of hydrogen-bond acceptors (Lipinski definition) is 6. The van der Waals surface area contributed by atoms with E-state index in [-0.39, 0.29) is 12.1 Å². The third kappa shape index (κ3) is 6.05. The highest BCUT2D eigenvalue weighted by Gasteiger charge is 2.29. The molecule has 8 heteroatoms. The lowest BCUT2D eigenvalue weighted by Gasteiger charge is -2.36. The van der Waals surface area contributed by atoms with Crippen molar-refractivity contribution < 1.29 is 9.53 Å². The van der Waals surface area contributed by atoms with E-state index in [0.717, 1.165) is 59.8 Å². The number of nitrogens with one attached hydrogen (secondary N) is 1. The highest BCUT2D eigenvalue weighted by atomic mass is 16.5. The molecule has 0 atom stereocenters. The number of nitrogens with zero attached hydrogens (tertiary/aromatic N) is 4. The Hall–Kier alpha value is -3.81. The molecule has 2 aromatic carbocycles. The zero-order valence-corrected chi connectivity index (χ0v) is 21.6. The number of aromatic nitrogens is 2. The van der Waals surface area contributed by atoms with Crippen LogP contribution < -0.4 is 25.6 Å². The number of urea groups is 1. The Kier molecular flexibility index (Phi) is 7.93. The average Bonchev–Trinajstić information content (AvgIpc) is 2.87. The topological polar surface area (TPSA) is 96.6 Å². The first-order valence-electron chi connectivity index (χ1n) is 12.5. The molecule has 0 bridgehead atoms. The second-order valence-electron chi connectivity index (χ2n) is 9.60. The van der Waals surface area contributed by atoms with Crippen LogP contribution in [-0.2, 0) is 6.61 Å². The SMILES string of the molecule is Cc1nc(N[C@H]2CC[C@@H](N(C(N)=O)c3ccc(OCc4ccccc4)cc3)CC2)nc(N(C)C)c1C. The maximum atomic E-state index is 12.4. The van der Waals surface area contributed by atoms with Crippen LogP contribution in [-0.4, -0.2) is 42.2 Å². The van der Waals surface area contributed by atoms with Gasteiger partial charge in [-0.3, -0.25) is 4.90 Å². The summed E-state index contributed by atoms with van der Waals surface area (Å²) in [7, 11) is 3.98. The fourth-order valence-corrected chi connectivity index (χ4v) is 4.74. The lowest BCUT2D eigenvalue weighted by atomic mass is 9.90. The van der Waals surface area contributed by atoms with Crippen molar-refractivity contribution in [1.82, 2.24) is 9.97 Å². The molecule has 3 aromatic rings. The molecule has 36 heavy (non-hydrogen) atoms. The predicted octanol–water partition coefficient (Wildman–Crippen LogP) is 5.05. The molecule has 1 aromatic heterocycles. The molecule has 2 amide bonds. The number of amides is 2. The molecule has 4 rings (SSSR count). The lowest BCUT2D eigenvalue weighted by molar-refractivity contribution is 0.248. The molecule has 1 aliphatic carbocycles. The van der Waals surface area contributed by atoms with Gasteiger partial charge in [0, 0.05) is 43.1 Å². The highest BCUT2D eigenvalue weighted by Crippen LogP contribution is 2.30. The number of aryl methyl sites for hydroxylation is 1. The molecule has 0 spiro atoms. The van der Waals surface area contributed by atoms with Gasteiger partial charge in [-0.2, -0.15) is 4.98 Å². The lowest BCUT2D eigenvalue weighted by Crippen LogP contribution is -2.46. The summed E-state index contributed by atoms with van der Waals surface area (Å²) in [5.41, 5.74) is 9.78. The second kappa shape index (κ2) is 11.3. The van der Waals surface area contributed by atoms with Crippen molar-refractivity contribution in [2.24, 2.45) is 5.73 Å². The molecule has 0 saturated heterocycles. The largest absolute Gasteiger partial charge is 0.489 e. The summed E-state index contributed by atoms with van der Waals surface area (Å²) in [5.74, 6) is 2.34. The van der Waals surface area contributed by atoms with Crippen LogP contribution in [0.1, 0.15) is 42.5 Å². The Morgan fingerprint density at radius 2 is 1.67 bits per heavy atom. The van der Waals surface area contributed by atoms with E-state index in [4.69, 9.17) is 15.5 Å². The number of benzene rings is 2. The third-order valence-corrected chi connectivity index (χ3v) is 6.78. The summed E-state index contributed by atoms with van der Waals surface area (Å²) >= 11 is 0. The van der Waals surface area contributed by atoms with E-state index in [9.17, 15) is 4.79 Å². The molecule has 0 unspecified atom stereocenters. The Morgan fingerprint density at radius 1 is 1.00 bits per heavy atom. The fourth-order valence-electron chi connectivity index (χ4n) is 4.74. The van der Waals surface area contributed by atoms with Crippen molar-refractivity contribution in [3.8, 4) is 5.75 Å². The van der Waals surface area contributed by atoms with Crippen molar-refractivity contribution in [3.05, 3.63) is 71.4 Å². The first kappa shape index (κ1) is 25.3. The Labute approximate surface area is 213 Å². The quantitative estimate of drug-likeness (QED) is 0.461. The molecule has 0 aliphatic heterocycles. The first-order chi connectivity index (χ1) is 17.3. The van der Waals surface area contributed by atoms with Gasteiger partial charge in [0.05, 0.1) is 0 Å². The van der Waals surface area contributed by atoms with Gasteiger partial charge in [-0.25, -0.2) is 9.78 Å². The number of nitrogens with two attached hydrogens (primary N) is 1. The molecule has 1 heterocycles. The van der Waals surface area contributed by atoms with Crippen LogP contribution in [0.3, 0.4) is 0 Å². The van der Waals surface area contributed by atoms with Gasteiger partial charge < -0.3 is 20.7 Å². The normalized spacial score (nSPS) is 17.3. The van der Waals surface area contributed by atoms with Crippen LogP contribution in [0.15, 0.2) is 54.6 Å². The minimum atomic E-state index is -0.433. The number of hydrogen-bond donors (Lipinski definition) is 2. The minimum Gasteiger partial charge on any atom is -0.489 e. The van der Waals surface area contributed by atoms with Crippen LogP contribution in [0, 0.1) is 13.8 Å². The molecule has 1 saturated carbocycles. The van der Waals surface area contributed by atoms with Crippen molar-refractivity contribution >= 4 is 23.5 Å². The van der Waals surface area contributed by atoms with E-state index in [1.54, 1.807) is 4.90 Å². The van der Waals surface area contributed by atoms with Crippen LogP contribution in [0.5, 0.6) is 5.75 Å². The van der Waals surface area contributed by atoms with Crippen molar-refractivity contribution in [3.63, 3.8) is 0 Å². The number of primary amides is 1. The standard InChI is InChI=1S/C28H36N6O2/c1-19-20(2)30-28(32-26(19)33(3)4)31-22-10-12-23(13-11-22)34(27(29)35)24-14-16-25(17-15-24)36-18-21-8-6-5-7-9-21/h5-9,14-17,22-23H,10-13,18H2,1-4H3,(H2,29,35)(H,30,31,32)/t22-,23+. The van der Waals surface area contributed by atoms with Crippen molar-refractivity contribution in [1.29, 1.82) is 0 Å². The molecule has 3 N–H and O–H groups in total. The number of carbonyl (C=O) groups is 1.